The minimum absolute atomic E-state index is 0.0577. The highest BCUT2D eigenvalue weighted by Crippen LogP contribution is 2.38. The molecule has 2 aromatic rings. The third-order valence-electron chi connectivity index (χ3n) is 3.40. The molecule has 0 amide bonds. The Kier molecular flexibility index (Phi) is 6.70. The molecule has 0 fully saturated rings. The van der Waals surface area contributed by atoms with Crippen LogP contribution in [0.3, 0.4) is 0 Å². The fourth-order valence-electron chi connectivity index (χ4n) is 2.31. The molecule has 2 aromatic carbocycles. The lowest BCUT2D eigenvalue weighted by molar-refractivity contribution is -0.385. The number of carboxylic acid groups (broad SMARTS) is 1. The summed E-state index contributed by atoms with van der Waals surface area (Å²) in [5.74, 6) is -0.796. The highest BCUT2D eigenvalue weighted by atomic mass is 16.6. The van der Waals surface area contributed by atoms with Crippen molar-refractivity contribution in [3.05, 3.63) is 57.6 Å². The van der Waals surface area contributed by atoms with Crippen LogP contribution in [0.4, 0.5) is 11.4 Å². The van der Waals surface area contributed by atoms with Gasteiger partial charge in [-0.25, -0.2) is 4.79 Å². The second-order valence-electron chi connectivity index (χ2n) is 5.21. The van der Waals surface area contributed by atoms with Gasteiger partial charge in [0.25, 0.3) is 0 Å². The summed E-state index contributed by atoms with van der Waals surface area (Å²) in [7, 11) is 0. The van der Waals surface area contributed by atoms with Gasteiger partial charge in [0.15, 0.2) is 5.75 Å². The van der Waals surface area contributed by atoms with Gasteiger partial charge in [0.05, 0.1) is 35.6 Å². The third-order valence-corrected chi connectivity index (χ3v) is 3.40. The van der Waals surface area contributed by atoms with E-state index in [2.05, 4.69) is 10.5 Å². The van der Waals surface area contributed by atoms with Gasteiger partial charge in [-0.1, -0.05) is 12.1 Å². The van der Waals surface area contributed by atoms with E-state index >= 15 is 0 Å². The lowest BCUT2D eigenvalue weighted by Crippen LogP contribution is -2.04. The summed E-state index contributed by atoms with van der Waals surface area (Å²) in [5, 5.41) is 24.5. The molecule has 0 spiro atoms. The van der Waals surface area contributed by atoms with E-state index in [0.29, 0.717) is 17.9 Å². The van der Waals surface area contributed by atoms with Crippen LogP contribution in [0.2, 0.25) is 0 Å². The number of para-hydroxylation sites is 1. The van der Waals surface area contributed by atoms with Crippen LogP contribution in [0.15, 0.2) is 41.5 Å². The second kappa shape index (κ2) is 9.18. The molecule has 142 valence electrons. The molecular weight excluding hydrogens is 354 g/mol. The number of nitro benzene ring substituents is 1. The Morgan fingerprint density at radius 2 is 1.96 bits per heavy atom. The van der Waals surface area contributed by atoms with Crippen LogP contribution < -0.4 is 14.9 Å². The molecule has 0 aliphatic heterocycles. The van der Waals surface area contributed by atoms with Crippen molar-refractivity contribution in [1.82, 2.24) is 0 Å². The highest BCUT2D eigenvalue weighted by Gasteiger charge is 2.22. The van der Waals surface area contributed by atoms with E-state index in [-0.39, 0.29) is 29.4 Å². The van der Waals surface area contributed by atoms with Gasteiger partial charge in [0, 0.05) is 11.6 Å². The molecule has 27 heavy (non-hydrogen) atoms. The normalized spacial score (nSPS) is 10.6. The number of carboxylic acids is 1. The number of nitrogens with zero attached hydrogens (tertiary/aromatic N) is 2. The Hall–Kier alpha value is -3.62. The van der Waals surface area contributed by atoms with Crippen molar-refractivity contribution in [1.29, 1.82) is 0 Å². The lowest BCUT2D eigenvalue weighted by Gasteiger charge is -2.12. The molecule has 0 aliphatic carbocycles. The van der Waals surface area contributed by atoms with Gasteiger partial charge in [-0.05, 0) is 32.0 Å². The standard InChI is InChI=1S/C18H19N3O6/c1-3-26-16-10-12(9-15(21(24)25)17(16)27-4-2)11-19-20-14-8-6-5-7-13(14)18(22)23/h5-11,20H,3-4H2,1-2H3,(H,22,23). The van der Waals surface area contributed by atoms with E-state index in [1.807, 2.05) is 0 Å². The Bertz CT molecular complexity index is 866. The number of ether oxygens (including phenoxy) is 2. The molecule has 0 bridgehead atoms. The molecule has 0 saturated heterocycles. The van der Waals surface area contributed by atoms with Gasteiger partial charge in [0.2, 0.25) is 5.75 Å². The van der Waals surface area contributed by atoms with Crippen molar-refractivity contribution < 1.29 is 24.3 Å². The van der Waals surface area contributed by atoms with Crippen molar-refractivity contribution in [2.75, 3.05) is 18.6 Å². The molecule has 0 heterocycles. The number of benzene rings is 2. The van der Waals surface area contributed by atoms with Gasteiger partial charge >= 0.3 is 11.7 Å². The number of anilines is 1. The summed E-state index contributed by atoms with van der Waals surface area (Å²) in [4.78, 5) is 22.0. The van der Waals surface area contributed by atoms with Crippen molar-refractivity contribution in [3.63, 3.8) is 0 Å². The highest BCUT2D eigenvalue weighted by molar-refractivity contribution is 5.94. The van der Waals surface area contributed by atoms with Gasteiger partial charge in [0.1, 0.15) is 0 Å². The number of carbonyl (C=O) groups is 1. The number of hydrazone groups is 1. The third kappa shape index (κ3) is 4.94. The molecule has 2 rings (SSSR count). The number of rotatable bonds is 9. The van der Waals surface area contributed by atoms with Crippen molar-refractivity contribution in [2.24, 2.45) is 5.10 Å². The van der Waals surface area contributed by atoms with Crippen molar-refractivity contribution in [3.8, 4) is 11.5 Å². The van der Waals surface area contributed by atoms with E-state index in [9.17, 15) is 14.9 Å². The molecule has 9 heteroatoms. The topological polar surface area (TPSA) is 123 Å². The zero-order chi connectivity index (χ0) is 19.8. The monoisotopic (exact) mass is 373 g/mol. The predicted octanol–water partition coefficient (Wildman–Crippen LogP) is 3.54. The quantitative estimate of drug-likeness (QED) is 0.391. The molecule has 0 aliphatic rings. The maximum atomic E-state index is 11.4. The molecule has 0 unspecified atom stereocenters. The first-order valence-electron chi connectivity index (χ1n) is 8.17. The van der Waals surface area contributed by atoms with Gasteiger partial charge in [-0.15, -0.1) is 0 Å². The summed E-state index contributed by atoms with van der Waals surface area (Å²) in [6, 6.07) is 9.14. The lowest BCUT2D eigenvalue weighted by atomic mass is 10.2. The largest absolute Gasteiger partial charge is 0.490 e. The first-order chi connectivity index (χ1) is 13.0. The molecule has 0 saturated carbocycles. The summed E-state index contributed by atoms with van der Waals surface area (Å²) in [5.41, 5.74) is 3.14. The Morgan fingerprint density at radius 1 is 1.26 bits per heavy atom. The first-order valence-corrected chi connectivity index (χ1v) is 8.17. The predicted molar refractivity (Wildman–Crippen MR) is 100 cm³/mol. The molecule has 0 radical (unpaired) electrons. The molecule has 9 nitrogen and oxygen atoms in total. The average molecular weight is 373 g/mol. The zero-order valence-electron chi connectivity index (χ0n) is 14.8. The summed E-state index contributed by atoms with van der Waals surface area (Å²) in [6.07, 6.45) is 1.34. The van der Waals surface area contributed by atoms with E-state index < -0.39 is 10.9 Å². The number of hydrogen-bond donors (Lipinski definition) is 2. The first kappa shape index (κ1) is 19.7. The van der Waals surface area contributed by atoms with E-state index in [1.54, 1.807) is 38.1 Å². The number of nitrogens with one attached hydrogen (secondary N) is 1. The van der Waals surface area contributed by atoms with Crippen LogP contribution in [0, 0.1) is 10.1 Å². The Balaban J connectivity index is 2.34. The van der Waals surface area contributed by atoms with E-state index in [0.717, 1.165) is 0 Å². The van der Waals surface area contributed by atoms with Crippen LogP contribution >= 0.6 is 0 Å². The Labute approximate surface area is 155 Å². The van der Waals surface area contributed by atoms with Crippen LogP contribution in [0.1, 0.15) is 29.8 Å². The summed E-state index contributed by atoms with van der Waals surface area (Å²) in [6.45, 7) is 4.04. The Morgan fingerprint density at radius 3 is 2.59 bits per heavy atom. The number of nitro groups is 1. The summed E-state index contributed by atoms with van der Waals surface area (Å²) < 4.78 is 10.8. The minimum atomic E-state index is -1.09. The molecule has 2 N–H and O–H groups in total. The van der Waals surface area contributed by atoms with Gasteiger partial charge < -0.3 is 14.6 Å². The maximum Gasteiger partial charge on any atom is 0.337 e. The smallest absolute Gasteiger partial charge is 0.337 e. The maximum absolute atomic E-state index is 11.4. The van der Waals surface area contributed by atoms with Crippen LogP contribution in [-0.4, -0.2) is 35.4 Å². The fourth-order valence-corrected chi connectivity index (χ4v) is 2.31. The van der Waals surface area contributed by atoms with Crippen molar-refractivity contribution in [2.45, 2.75) is 13.8 Å². The minimum Gasteiger partial charge on any atom is -0.490 e. The zero-order valence-corrected chi connectivity index (χ0v) is 14.8. The molecular formula is C18H19N3O6. The molecule has 0 aromatic heterocycles. The van der Waals surface area contributed by atoms with Crippen LogP contribution in [-0.2, 0) is 0 Å². The summed E-state index contributed by atoms with van der Waals surface area (Å²) >= 11 is 0. The van der Waals surface area contributed by atoms with E-state index in [4.69, 9.17) is 14.6 Å². The van der Waals surface area contributed by atoms with Crippen molar-refractivity contribution >= 4 is 23.6 Å². The SMILES string of the molecule is CCOc1cc(C=NNc2ccccc2C(=O)O)cc([N+](=O)[O-])c1OCC. The van der Waals surface area contributed by atoms with E-state index in [1.165, 1.54) is 18.3 Å². The number of hydrogen-bond acceptors (Lipinski definition) is 7. The molecule has 0 atom stereocenters. The van der Waals surface area contributed by atoms with Gasteiger partial charge in [-0.2, -0.15) is 5.10 Å². The fraction of sp³-hybridized carbons (Fsp3) is 0.222. The van der Waals surface area contributed by atoms with Crippen LogP contribution in [0.5, 0.6) is 11.5 Å². The van der Waals surface area contributed by atoms with Crippen LogP contribution in [0.25, 0.3) is 0 Å². The average Bonchev–Trinajstić information content (AvgIpc) is 2.64. The number of aromatic carboxylic acids is 1. The van der Waals surface area contributed by atoms with Gasteiger partial charge in [-0.3, -0.25) is 15.5 Å². The second-order valence-corrected chi connectivity index (χ2v) is 5.21.